The summed E-state index contributed by atoms with van der Waals surface area (Å²) in [7, 11) is 0. The van der Waals surface area contributed by atoms with E-state index in [1.807, 2.05) is 11.5 Å². The van der Waals surface area contributed by atoms with Crippen LogP contribution in [0.3, 0.4) is 0 Å². The Morgan fingerprint density at radius 3 is 3.08 bits per heavy atom. The number of imidazole rings is 1. The number of hydrogen-bond acceptors (Lipinski definition) is 3. The van der Waals surface area contributed by atoms with Crippen molar-refractivity contribution in [2.45, 2.75) is 19.9 Å². The van der Waals surface area contributed by atoms with Crippen LogP contribution in [0.25, 0.3) is 0 Å². The lowest BCUT2D eigenvalue weighted by Crippen LogP contribution is -2.13. The zero-order chi connectivity index (χ0) is 8.97. The fourth-order valence-electron chi connectivity index (χ4n) is 1.06. The number of hydrogen-bond donors (Lipinski definition) is 1. The molecule has 0 aliphatic rings. The van der Waals surface area contributed by atoms with Gasteiger partial charge in [-0.05, 0) is 13.5 Å². The molecule has 1 heterocycles. The minimum Gasteiger partial charge on any atom is -0.330 e. The Labute approximate surface area is 71.4 Å². The van der Waals surface area contributed by atoms with Gasteiger partial charge in [0, 0.05) is 25.4 Å². The first kappa shape index (κ1) is 8.93. The Morgan fingerprint density at radius 2 is 2.50 bits per heavy atom. The van der Waals surface area contributed by atoms with Gasteiger partial charge in [-0.2, -0.15) is 0 Å². The van der Waals surface area contributed by atoms with Crippen LogP contribution in [0.4, 0.5) is 0 Å². The highest BCUT2D eigenvalue weighted by Gasteiger charge is 2.09. The topological polar surface area (TPSA) is 60.9 Å². The number of aryl methyl sites for hydroxylation is 1. The van der Waals surface area contributed by atoms with Crippen LogP contribution in [0.2, 0.25) is 0 Å². The molecular formula is C8H13N3O. The molecule has 0 aromatic carbocycles. The summed E-state index contributed by atoms with van der Waals surface area (Å²) in [6.45, 7) is 3.13. The third-order valence-corrected chi connectivity index (χ3v) is 1.68. The van der Waals surface area contributed by atoms with Crippen LogP contribution in [0.5, 0.6) is 0 Å². The van der Waals surface area contributed by atoms with E-state index in [1.54, 1.807) is 12.4 Å². The largest absolute Gasteiger partial charge is 0.330 e. The maximum atomic E-state index is 11.3. The van der Waals surface area contributed by atoms with E-state index in [2.05, 4.69) is 4.98 Å². The van der Waals surface area contributed by atoms with Crippen molar-refractivity contribution in [2.24, 2.45) is 5.73 Å². The van der Waals surface area contributed by atoms with Gasteiger partial charge in [0.25, 0.3) is 0 Å². The number of carbonyl (C=O) groups is 1. The van der Waals surface area contributed by atoms with Gasteiger partial charge < -0.3 is 10.3 Å². The van der Waals surface area contributed by atoms with E-state index < -0.39 is 0 Å². The highest BCUT2D eigenvalue weighted by molar-refractivity contribution is 5.92. The lowest BCUT2D eigenvalue weighted by molar-refractivity contribution is 0.0971. The molecule has 0 fully saturated rings. The Hall–Kier alpha value is -1.16. The highest BCUT2D eigenvalue weighted by Crippen LogP contribution is 2.00. The molecule has 0 radical (unpaired) electrons. The number of aromatic nitrogens is 2. The summed E-state index contributed by atoms with van der Waals surface area (Å²) >= 11 is 0. The van der Waals surface area contributed by atoms with Gasteiger partial charge in [0.05, 0.1) is 0 Å². The number of ketones is 1. The number of nitrogens with two attached hydrogens (primary N) is 1. The van der Waals surface area contributed by atoms with Crippen molar-refractivity contribution in [1.29, 1.82) is 0 Å². The fourth-order valence-corrected chi connectivity index (χ4v) is 1.06. The molecule has 0 atom stereocenters. The second-order valence-corrected chi connectivity index (χ2v) is 2.50. The Morgan fingerprint density at radius 1 is 1.75 bits per heavy atom. The van der Waals surface area contributed by atoms with E-state index in [9.17, 15) is 4.79 Å². The van der Waals surface area contributed by atoms with Crippen molar-refractivity contribution in [1.82, 2.24) is 9.55 Å². The lowest BCUT2D eigenvalue weighted by Gasteiger charge is -2.01. The van der Waals surface area contributed by atoms with Crippen LogP contribution in [-0.4, -0.2) is 21.9 Å². The van der Waals surface area contributed by atoms with Crippen LogP contribution >= 0.6 is 0 Å². The normalized spacial score (nSPS) is 10.2. The molecule has 1 aromatic rings. The molecule has 0 aliphatic carbocycles. The van der Waals surface area contributed by atoms with Crippen molar-refractivity contribution in [2.75, 3.05) is 6.54 Å². The van der Waals surface area contributed by atoms with E-state index in [1.165, 1.54) is 0 Å². The van der Waals surface area contributed by atoms with Gasteiger partial charge in [0.1, 0.15) is 0 Å². The van der Waals surface area contributed by atoms with Gasteiger partial charge >= 0.3 is 0 Å². The van der Waals surface area contributed by atoms with Crippen LogP contribution in [0, 0.1) is 0 Å². The quantitative estimate of drug-likeness (QED) is 0.662. The zero-order valence-corrected chi connectivity index (χ0v) is 7.16. The van der Waals surface area contributed by atoms with Gasteiger partial charge in [-0.15, -0.1) is 0 Å². The first-order chi connectivity index (χ1) is 5.79. The summed E-state index contributed by atoms with van der Waals surface area (Å²) in [5.41, 5.74) is 5.27. The molecule has 66 valence electrons. The molecular weight excluding hydrogens is 154 g/mol. The molecule has 4 nitrogen and oxygen atoms in total. The average molecular weight is 167 g/mol. The summed E-state index contributed by atoms with van der Waals surface area (Å²) in [5, 5.41) is 0. The third kappa shape index (κ3) is 1.71. The second kappa shape index (κ2) is 4.01. The van der Waals surface area contributed by atoms with E-state index in [0.29, 0.717) is 18.8 Å². The van der Waals surface area contributed by atoms with E-state index in [0.717, 1.165) is 6.54 Å². The van der Waals surface area contributed by atoms with Crippen molar-refractivity contribution < 1.29 is 4.79 Å². The average Bonchev–Trinajstić information content (AvgIpc) is 2.51. The highest BCUT2D eigenvalue weighted by atomic mass is 16.1. The molecule has 0 amide bonds. The summed E-state index contributed by atoms with van der Waals surface area (Å²) in [4.78, 5) is 15.3. The second-order valence-electron chi connectivity index (χ2n) is 2.50. The van der Waals surface area contributed by atoms with Crippen molar-refractivity contribution in [3.05, 3.63) is 18.2 Å². The lowest BCUT2D eigenvalue weighted by atomic mass is 10.3. The SMILES string of the molecule is CCn1ccnc1C(=O)CCN. The molecule has 0 saturated carbocycles. The molecule has 0 saturated heterocycles. The van der Waals surface area contributed by atoms with Crippen molar-refractivity contribution >= 4 is 5.78 Å². The first-order valence-corrected chi connectivity index (χ1v) is 4.04. The number of carbonyl (C=O) groups excluding carboxylic acids is 1. The monoisotopic (exact) mass is 167 g/mol. The fraction of sp³-hybridized carbons (Fsp3) is 0.500. The van der Waals surface area contributed by atoms with Crippen LogP contribution in [0.15, 0.2) is 12.4 Å². The van der Waals surface area contributed by atoms with Gasteiger partial charge in [-0.1, -0.05) is 0 Å². The Kier molecular flexibility index (Phi) is 2.99. The molecule has 0 bridgehead atoms. The first-order valence-electron chi connectivity index (χ1n) is 4.04. The molecule has 0 spiro atoms. The maximum Gasteiger partial charge on any atom is 0.199 e. The van der Waals surface area contributed by atoms with E-state index in [-0.39, 0.29) is 5.78 Å². The van der Waals surface area contributed by atoms with Crippen LogP contribution in [0.1, 0.15) is 24.0 Å². The Balaban J connectivity index is 2.79. The number of Topliss-reactive ketones (excluding diaryl/α,β-unsaturated/α-hetero) is 1. The third-order valence-electron chi connectivity index (χ3n) is 1.68. The summed E-state index contributed by atoms with van der Waals surface area (Å²) in [6.07, 6.45) is 3.80. The molecule has 2 N–H and O–H groups in total. The minimum absolute atomic E-state index is 0.0179. The predicted molar refractivity (Wildman–Crippen MR) is 45.9 cm³/mol. The summed E-state index contributed by atoms with van der Waals surface area (Å²) in [5.74, 6) is 0.535. The minimum atomic E-state index is 0.0179. The van der Waals surface area contributed by atoms with Gasteiger partial charge in [0.15, 0.2) is 11.6 Å². The smallest absolute Gasteiger partial charge is 0.199 e. The van der Waals surface area contributed by atoms with Crippen LogP contribution < -0.4 is 5.73 Å². The summed E-state index contributed by atoms with van der Waals surface area (Å²) in [6, 6.07) is 0. The van der Waals surface area contributed by atoms with E-state index >= 15 is 0 Å². The number of rotatable bonds is 4. The van der Waals surface area contributed by atoms with Gasteiger partial charge in [0.2, 0.25) is 0 Å². The van der Waals surface area contributed by atoms with Crippen molar-refractivity contribution in [3.63, 3.8) is 0 Å². The van der Waals surface area contributed by atoms with E-state index in [4.69, 9.17) is 5.73 Å². The van der Waals surface area contributed by atoms with Crippen LogP contribution in [-0.2, 0) is 6.54 Å². The molecule has 0 aliphatic heterocycles. The zero-order valence-electron chi connectivity index (χ0n) is 7.16. The van der Waals surface area contributed by atoms with Gasteiger partial charge in [-0.25, -0.2) is 4.98 Å². The Bertz CT molecular complexity index is 267. The molecule has 1 aromatic heterocycles. The van der Waals surface area contributed by atoms with Crippen molar-refractivity contribution in [3.8, 4) is 0 Å². The predicted octanol–water partition coefficient (Wildman–Crippen LogP) is 0.434. The molecule has 0 unspecified atom stereocenters. The number of nitrogens with zero attached hydrogens (tertiary/aromatic N) is 2. The standard InChI is InChI=1S/C8H13N3O/c1-2-11-6-5-10-8(11)7(12)3-4-9/h5-6H,2-4,9H2,1H3. The maximum absolute atomic E-state index is 11.3. The molecule has 1 rings (SSSR count). The van der Waals surface area contributed by atoms with Gasteiger partial charge in [-0.3, -0.25) is 4.79 Å². The molecule has 12 heavy (non-hydrogen) atoms. The molecule has 4 heteroatoms. The summed E-state index contributed by atoms with van der Waals surface area (Å²) < 4.78 is 1.82.